The highest BCUT2D eigenvalue weighted by atomic mass is 15.3. The van der Waals surface area contributed by atoms with Crippen molar-refractivity contribution in [1.82, 2.24) is 9.78 Å². The van der Waals surface area contributed by atoms with Crippen LogP contribution in [0.1, 0.15) is 18.5 Å². The average Bonchev–Trinajstić information content (AvgIpc) is 2.78. The lowest BCUT2D eigenvalue weighted by Crippen LogP contribution is -2.16. The summed E-state index contributed by atoms with van der Waals surface area (Å²) in [6.07, 6.45) is 3.93. The lowest BCUT2D eigenvalue weighted by molar-refractivity contribution is 0.501. The maximum absolute atomic E-state index is 5.61. The van der Waals surface area contributed by atoms with E-state index in [1.807, 2.05) is 17.1 Å². The van der Waals surface area contributed by atoms with Crippen LogP contribution in [0.5, 0.6) is 0 Å². The minimum absolute atomic E-state index is 0.249. The summed E-state index contributed by atoms with van der Waals surface area (Å²) in [5.41, 5.74) is 9.22. The molecule has 1 atom stereocenters. The fourth-order valence-electron chi connectivity index (χ4n) is 1.58. The van der Waals surface area contributed by atoms with Crippen molar-refractivity contribution in [2.24, 2.45) is 5.73 Å². The molecule has 0 aliphatic carbocycles. The monoisotopic (exact) mass is 215 g/mol. The number of nitrogens with zero attached hydrogens (tertiary/aromatic N) is 2. The molecule has 0 radical (unpaired) electrons. The van der Waals surface area contributed by atoms with E-state index >= 15 is 0 Å². The molecule has 0 saturated heterocycles. The van der Waals surface area contributed by atoms with Gasteiger partial charge in [0.2, 0.25) is 0 Å². The molecule has 1 aromatic carbocycles. The Hall–Kier alpha value is -1.61. The van der Waals surface area contributed by atoms with Gasteiger partial charge >= 0.3 is 0 Å². The highest BCUT2D eigenvalue weighted by molar-refractivity contribution is 5.61. The summed E-state index contributed by atoms with van der Waals surface area (Å²) in [4.78, 5) is 0. The van der Waals surface area contributed by atoms with Gasteiger partial charge in [0.05, 0.1) is 12.2 Å². The third-order valence-electron chi connectivity index (χ3n) is 2.78. The van der Waals surface area contributed by atoms with Crippen LogP contribution < -0.4 is 5.73 Å². The van der Waals surface area contributed by atoms with Gasteiger partial charge in [-0.05, 0) is 19.4 Å². The van der Waals surface area contributed by atoms with Crippen LogP contribution in [-0.4, -0.2) is 16.3 Å². The third-order valence-corrected chi connectivity index (χ3v) is 2.78. The van der Waals surface area contributed by atoms with E-state index in [0.717, 1.165) is 5.56 Å². The van der Waals surface area contributed by atoms with Crippen LogP contribution in [0.4, 0.5) is 0 Å². The molecule has 0 amide bonds. The molecule has 0 saturated carbocycles. The van der Waals surface area contributed by atoms with Crippen molar-refractivity contribution in [3.8, 4) is 11.1 Å². The number of nitrogens with two attached hydrogens (primary N) is 1. The maximum atomic E-state index is 5.61. The second-order valence-electron chi connectivity index (χ2n) is 4.16. The molecule has 2 rings (SSSR count). The fraction of sp³-hybridized carbons (Fsp3) is 0.308. The van der Waals surface area contributed by atoms with Crippen molar-refractivity contribution >= 4 is 0 Å². The lowest BCUT2D eigenvalue weighted by atomic mass is 10.1. The molecule has 3 heteroatoms. The van der Waals surface area contributed by atoms with Crippen molar-refractivity contribution < 1.29 is 0 Å². The number of benzene rings is 1. The van der Waals surface area contributed by atoms with E-state index < -0.39 is 0 Å². The van der Waals surface area contributed by atoms with Gasteiger partial charge in [0.25, 0.3) is 0 Å². The molecule has 0 fully saturated rings. The van der Waals surface area contributed by atoms with Gasteiger partial charge in [0, 0.05) is 18.3 Å². The SMILES string of the molecule is Cc1ccc(-c2cnn([C@H](C)CN)c2)cc1. The van der Waals surface area contributed by atoms with Gasteiger partial charge in [-0.1, -0.05) is 29.8 Å². The maximum Gasteiger partial charge on any atom is 0.0613 e. The van der Waals surface area contributed by atoms with E-state index in [1.165, 1.54) is 11.1 Å². The van der Waals surface area contributed by atoms with Crippen LogP contribution in [0.15, 0.2) is 36.7 Å². The summed E-state index contributed by atoms with van der Waals surface area (Å²) >= 11 is 0. The second-order valence-corrected chi connectivity index (χ2v) is 4.16. The second kappa shape index (κ2) is 4.49. The van der Waals surface area contributed by atoms with Crippen LogP contribution in [0.25, 0.3) is 11.1 Å². The van der Waals surface area contributed by atoms with E-state index in [1.54, 1.807) is 0 Å². The number of rotatable bonds is 3. The predicted octanol–water partition coefficient (Wildman–Crippen LogP) is 2.38. The van der Waals surface area contributed by atoms with E-state index in [2.05, 4.69) is 43.2 Å². The van der Waals surface area contributed by atoms with Crippen molar-refractivity contribution in [2.75, 3.05) is 6.54 Å². The summed E-state index contributed by atoms with van der Waals surface area (Å²) in [5.74, 6) is 0. The third kappa shape index (κ3) is 2.14. The van der Waals surface area contributed by atoms with Crippen LogP contribution in [0.3, 0.4) is 0 Å². The number of hydrogen-bond donors (Lipinski definition) is 1. The van der Waals surface area contributed by atoms with Gasteiger partial charge in [0.15, 0.2) is 0 Å². The Bertz CT molecular complexity index is 456. The number of aryl methyl sites for hydroxylation is 1. The minimum Gasteiger partial charge on any atom is -0.328 e. The molecule has 2 N–H and O–H groups in total. The number of hydrogen-bond acceptors (Lipinski definition) is 2. The van der Waals surface area contributed by atoms with Crippen LogP contribution >= 0.6 is 0 Å². The Labute approximate surface area is 95.9 Å². The highest BCUT2D eigenvalue weighted by Crippen LogP contribution is 2.20. The molecule has 3 nitrogen and oxygen atoms in total. The quantitative estimate of drug-likeness (QED) is 0.854. The zero-order valence-corrected chi connectivity index (χ0v) is 9.72. The van der Waals surface area contributed by atoms with Gasteiger partial charge in [-0.3, -0.25) is 4.68 Å². The normalized spacial score (nSPS) is 12.7. The zero-order chi connectivity index (χ0) is 11.5. The first-order valence-electron chi connectivity index (χ1n) is 5.52. The molecule has 84 valence electrons. The molecule has 0 unspecified atom stereocenters. The van der Waals surface area contributed by atoms with E-state index in [9.17, 15) is 0 Å². The standard InChI is InChI=1S/C13H17N3/c1-10-3-5-12(6-4-10)13-8-15-16(9-13)11(2)7-14/h3-6,8-9,11H,7,14H2,1-2H3/t11-/m1/s1. The Morgan fingerprint density at radius 1 is 1.25 bits per heavy atom. The molecular weight excluding hydrogens is 198 g/mol. The summed E-state index contributed by atoms with van der Waals surface area (Å²) in [6.45, 7) is 4.75. The molecule has 1 heterocycles. The highest BCUT2D eigenvalue weighted by Gasteiger charge is 2.05. The summed E-state index contributed by atoms with van der Waals surface area (Å²) < 4.78 is 1.91. The van der Waals surface area contributed by atoms with Gasteiger partial charge in [-0.15, -0.1) is 0 Å². The lowest BCUT2D eigenvalue weighted by Gasteiger charge is -2.07. The topological polar surface area (TPSA) is 43.8 Å². The molecule has 2 aromatic rings. The summed E-state index contributed by atoms with van der Waals surface area (Å²) in [6, 6.07) is 8.70. The molecule has 0 aliphatic rings. The smallest absolute Gasteiger partial charge is 0.0613 e. The molecule has 0 spiro atoms. The minimum atomic E-state index is 0.249. The molecule has 1 aromatic heterocycles. The molecule has 0 aliphatic heterocycles. The average molecular weight is 215 g/mol. The van der Waals surface area contributed by atoms with E-state index in [4.69, 9.17) is 5.73 Å². The first-order valence-corrected chi connectivity index (χ1v) is 5.52. The van der Waals surface area contributed by atoms with Gasteiger partial charge in [0.1, 0.15) is 0 Å². The van der Waals surface area contributed by atoms with Gasteiger partial charge in [-0.2, -0.15) is 5.10 Å². The van der Waals surface area contributed by atoms with Crippen LogP contribution in [0, 0.1) is 6.92 Å². The Morgan fingerprint density at radius 2 is 1.94 bits per heavy atom. The van der Waals surface area contributed by atoms with Crippen molar-refractivity contribution in [1.29, 1.82) is 0 Å². The van der Waals surface area contributed by atoms with Gasteiger partial charge in [-0.25, -0.2) is 0 Å². The van der Waals surface area contributed by atoms with Crippen LogP contribution in [-0.2, 0) is 0 Å². The van der Waals surface area contributed by atoms with Crippen molar-refractivity contribution in [3.63, 3.8) is 0 Å². The predicted molar refractivity (Wildman–Crippen MR) is 66.2 cm³/mol. The molecular formula is C13H17N3. The fourth-order valence-corrected chi connectivity index (χ4v) is 1.58. The number of aromatic nitrogens is 2. The first kappa shape index (κ1) is 10.9. The molecule has 0 bridgehead atoms. The zero-order valence-electron chi connectivity index (χ0n) is 9.72. The Morgan fingerprint density at radius 3 is 2.56 bits per heavy atom. The Balaban J connectivity index is 2.28. The van der Waals surface area contributed by atoms with Gasteiger partial charge < -0.3 is 5.73 Å². The van der Waals surface area contributed by atoms with E-state index in [-0.39, 0.29) is 6.04 Å². The summed E-state index contributed by atoms with van der Waals surface area (Å²) in [5, 5.41) is 4.32. The first-order chi connectivity index (χ1) is 7.70. The van der Waals surface area contributed by atoms with Crippen LogP contribution in [0.2, 0.25) is 0 Å². The molecule has 16 heavy (non-hydrogen) atoms. The van der Waals surface area contributed by atoms with Crippen molar-refractivity contribution in [2.45, 2.75) is 19.9 Å². The Kier molecular flexibility index (Phi) is 3.06. The summed E-state index contributed by atoms with van der Waals surface area (Å²) in [7, 11) is 0. The van der Waals surface area contributed by atoms with Crippen molar-refractivity contribution in [3.05, 3.63) is 42.2 Å². The largest absolute Gasteiger partial charge is 0.328 e. The van der Waals surface area contributed by atoms with E-state index in [0.29, 0.717) is 6.54 Å².